The minimum Gasteiger partial charge on any atom is -0.308 e. The first-order valence-corrected chi connectivity index (χ1v) is 7.68. The van der Waals surface area contributed by atoms with Crippen LogP contribution in [0.3, 0.4) is 0 Å². The molecule has 0 bridgehead atoms. The van der Waals surface area contributed by atoms with Crippen molar-refractivity contribution in [3.8, 4) is 0 Å². The van der Waals surface area contributed by atoms with E-state index in [4.69, 9.17) is 0 Å². The molecule has 0 aromatic heterocycles. The van der Waals surface area contributed by atoms with E-state index >= 15 is 0 Å². The fourth-order valence-corrected chi connectivity index (χ4v) is 3.68. The first-order valence-electron chi connectivity index (χ1n) is 7.68. The zero-order chi connectivity index (χ0) is 12.3. The average molecular weight is 238 g/mol. The van der Waals surface area contributed by atoms with Gasteiger partial charge in [-0.1, -0.05) is 32.6 Å². The van der Waals surface area contributed by atoms with Crippen molar-refractivity contribution in [3.05, 3.63) is 0 Å². The first-order chi connectivity index (χ1) is 8.17. The molecule has 1 saturated heterocycles. The smallest absolute Gasteiger partial charge is 0.0309 e. The predicted molar refractivity (Wildman–Crippen MR) is 74.4 cm³/mol. The van der Waals surface area contributed by atoms with Gasteiger partial charge in [-0.15, -0.1) is 0 Å². The Morgan fingerprint density at radius 1 is 1.35 bits per heavy atom. The van der Waals surface area contributed by atoms with Crippen molar-refractivity contribution in [2.45, 2.75) is 83.3 Å². The normalized spacial score (nSPS) is 30.9. The van der Waals surface area contributed by atoms with Gasteiger partial charge >= 0.3 is 0 Å². The molecule has 1 saturated carbocycles. The Morgan fingerprint density at radius 3 is 2.71 bits per heavy atom. The third kappa shape index (κ3) is 3.03. The van der Waals surface area contributed by atoms with Crippen molar-refractivity contribution in [1.82, 2.24) is 10.2 Å². The van der Waals surface area contributed by atoms with Gasteiger partial charge in [0.2, 0.25) is 0 Å². The van der Waals surface area contributed by atoms with Crippen molar-refractivity contribution in [2.75, 3.05) is 13.1 Å². The second-order valence-electron chi connectivity index (χ2n) is 6.38. The average Bonchev–Trinajstić information content (AvgIpc) is 2.78. The molecule has 2 atom stereocenters. The second kappa shape index (κ2) is 5.71. The van der Waals surface area contributed by atoms with Gasteiger partial charge in [-0.2, -0.15) is 0 Å². The van der Waals surface area contributed by atoms with Crippen LogP contribution in [0.25, 0.3) is 0 Å². The summed E-state index contributed by atoms with van der Waals surface area (Å²) in [5.41, 5.74) is 0.479. The molecule has 1 N–H and O–H groups in total. The molecule has 2 rings (SSSR count). The van der Waals surface area contributed by atoms with Gasteiger partial charge in [0.25, 0.3) is 0 Å². The van der Waals surface area contributed by atoms with E-state index in [1.54, 1.807) is 0 Å². The summed E-state index contributed by atoms with van der Waals surface area (Å²) >= 11 is 0. The van der Waals surface area contributed by atoms with Crippen LogP contribution in [0, 0.1) is 0 Å². The number of nitrogens with zero attached hydrogens (tertiary/aromatic N) is 1. The van der Waals surface area contributed by atoms with E-state index in [1.165, 1.54) is 58.0 Å². The van der Waals surface area contributed by atoms with Gasteiger partial charge in [-0.05, 0) is 33.1 Å². The Balaban J connectivity index is 1.94. The highest BCUT2D eigenvalue weighted by molar-refractivity contribution is 5.01. The number of unbranched alkanes of at least 4 members (excludes halogenated alkanes) is 1. The number of piperazine rings is 1. The standard InChI is InChI=1S/C15H30N2/c1-4-5-8-13(2)17-12-15(9-6-7-10-15)16-11-14(17)3/h13-14,16H,4-12H2,1-3H3. The molecule has 2 nitrogen and oxygen atoms in total. The monoisotopic (exact) mass is 238 g/mol. The first kappa shape index (κ1) is 13.4. The highest BCUT2D eigenvalue weighted by atomic mass is 15.3. The summed E-state index contributed by atoms with van der Waals surface area (Å²) in [5.74, 6) is 0. The lowest BCUT2D eigenvalue weighted by Crippen LogP contribution is -2.64. The predicted octanol–water partition coefficient (Wildman–Crippen LogP) is 3.17. The Hall–Kier alpha value is -0.0800. The summed E-state index contributed by atoms with van der Waals surface area (Å²) in [4.78, 5) is 2.78. The van der Waals surface area contributed by atoms with Crippen LogP contribution in [0.15, 0.2) is 0 Å². The van der Waals surface area contributed by atoms with E-state index in [2.05, 4.69) is 31.0 Å². The van der Waals surface area contributed by atoms with Crippen LogP contribution in [0.2, 0.25) is 0 Å². The van der Waals surface area contributed by atoms with Crippen molar-refractivity contribution >= 4 is 0 Å². The molecule has 2 aliphatic rings. The molecule has 17 heavy (non-hydrogen) atoms. The quantitative estimate of drug-likeness (QED) is 0.809. The SMILES string of the molecule is CCCCC(C)N1CC2(CCCC2)NCC1C. The van der Waals surface area contributed by atoms with E-state index < -0.39 is 0 Å². The molecule has 2 unspecified atom stereocenters. The van der Waals surface area contributed by atoms with Crippen molar-refractivity contribution in [1.29, 1.82) is 0 Å². The van der Waals surface area contributed by atoms with Gasteiger partial charge in [0, 0.05) is 30.7 Å². The Labute approximate surface area is 107 Å². The summed E-state index contributed by atoms with van der Waals surface area (Å²) < 4.78 is 0. The molecule has 2 fully saturated rings. The van der Waals surface area contributed by atoms with Gasteiger partial charge in [0.15, 0.2) is 0 Å². The van der Waals surface area contributed by atoms with Gasteiger partial charge in [-0.3, -0.25) is 4.90 Å². The van der Waals surface area contributed by atoms with Gasteiger partial charge < -0.3 is 5.32 Å². The van der Waals surface area contributed by atoms with Crippen LogP contribution >= 0.6 is 0 Å². The maximum absolute atomic E-state index is 3.84. The van der Waals surface area contributed by atoms with Gasteiger partial charge in [-0.25, -0.2) is 0 Å². The fourth-order valence-electron chi connectivity index (χ4n) is 3.68. The molecule has 0 aromatic rings. The number of hydrogen-bond donors (Lipinski definition) is 1. The maximum Gasteiger partial charge on any atom is 0.0309 e. The Kier molecular flexibility index (Phi) is 4.48. The molecule has 1 heterocycles. The largest absolute Gasteiger partial charge is 0.308 e. The van der Waals surface area contributed by atoms with Crippen LogP contribution in [0.4, 0.5) is 0 Å². The minimum absolute atomic E-state index is 0.479. The fraction of sp³-hybridized carbons (Fsp3) is 1.00. The van der Waals surface area contributed by atoms with Gasteiger partial charge in [0.1, 0.15) is 0 Å². The Morgan fingerprint density at radius 2 is 2.06 bits per heavy atom. The summed E-state index contributed by atoms with van der Waals surface area (Å²) in [6.45, 7) is 9.60. The van der Waals surface area contributed by atoms with E-state index in [0.717, 1.165) is 6.04 Å². The zero-order valence-corrected chi connectivity index (χ0v) is 12.0. The molecular weight excluding hydrogens is 208 g/mol. The summed E-state index contributed by atoms with van der Waals surface area (Å²) in [7, 11) is 0. The lowest BCUT2D eigenvalue weighted by molar-refractivity contribution is 0.0528. The second-order valence-corrected chi connectivity index (χ2v) is 6.38. The summed E-state index contributed by atoms with van der Waals surface area (Å²) in [6, 6.07) is 1.48. The lowest BCUT2D eigenvalue weighted by atomic mass is 9.91. The molecule has 1 spiro atoms. The Bertz CT molecular complexity index is 233. The molecule has 1 aliphatic heterocycles. The van der Waals surface area contributed by atoms with Crippen molar-refractivity contribution in [3.63, 3.8) is 0 Å². The minimum atomic E-state index is 0.479. The van der Waals surface area contributed by atoms with Crippen molar-refractivity contribution < 1.29 is 0 Å². The highest BCUT2D eigenvalue weighted by Gasteiger charge is 2.40. The highest BCUT2D eigenvalue weighted by Crippen LogP contribution is 2.34. The molecule has 1 aliphatic carbocycles. The van der Waals surface area contributed by atoms with Crippen LogP contribution in [0.5, 0.6) is 0 Å². The maximum atomic E-state index is 3.84. The van der Waals surface area contributed by atoms with E-state index in [0.29, 0.717) is 11.6 Å². The third-order valence-electron chi connectivity index (χ3n) is 4.93. The van der Waals surface area contributed by atoms with Crippen LogP contribution in [0.1, 0.15) is 65.7 Å². The van der Waals surface area contributed by atoms with E-state index in [1.807, 2.05) is 0 Å². The lowest BCUT2D eigenvalue weighted by Gasteiger charge is -2.48. The number of nitrogens with one attached hydrogen (secondary N) is 1. The van der Waals surface area contributed by atoms with Crippen molar-refractivity contribution in [2.24, 2.45) is 0 Å². The number of hydrogen-bond acceptors (Lipinski definition) is 2. The third-order valence-corrected chi connectivity index (χ3v) is 4.93. The van der Waals surface area contributed by atoms with Crippen LogP contribution in [-0.2, 0) is 0 Å². The van der Waals surface area contributed by atoms with Crippen LogP contribution in [-0.4, -0.2) is 35.6 Å². The van der Waals surface area contributed by atoms with Crippen LogP contribution < -0.4 is 5.32 Å². The topological polar surface area (TPSA) is 15.3 Å². The molecular formula is C15H30N2. The number of rotatable bonds is 4. The molecule has 0 aromatic carbocycles. The van der Waals surface area contributed by atoms with E-state index in [-0.39, 0.29) is 0 Å². The summed E-state index contributed by atoms with van der Waals surface area (Å²) in [6.07, 6.45) is 9.74. The van der Waals surface area contributed by atoms with Gasteiger partial charge in [0.05, 0.1) is 0 Å². The summed E-state index contributed by atoms with van der Waals surface area (Å²) in [5, 5.41) is 3.84. The molecule has 0 amide bonds. The molecule has 0 radical (unpaired) electrons. The molecule has 100 valence electrons. The molecule has 2 heteroatoms. The zero-order valence-electron chi connectivity index (χ0n) is 12.0. The van der Waals surface area contributed by atoms with E-state index in [9.17, 15) is 0 Å².